The van der Waals surface area contributed by atoms with E-state index in [2.05, 4.69) is 0 Å². The van der Waals surface area contributed by atoms with E-state index in [0.717, 1.165) is 22.2 Å². The van der Waals surface area contributed by atoms with Gasteiger partial charge >= 0.3 is 13.1 Å². The normalized spacial score (nSPS) is 16.6. The van der Waals surface area contributed by atoms with Crippen LogP contribution in [0.1, 0.15) is 58.2 Å². The first-order valence-electron chi connectivity index (χ1n) is 13.1. The van der Waals surface area contributed by atoms with Crippen LogP contribution >= 0.6 is 0 Å². The molecular formula is C31H37BO6. The molecule has 3 aromatic carbocycles. The average Bonchev–Trinajstić information content (AvgIpc) is 3.09. The van der Waals surface area contributed by atoms with Crippen LogP contribution in [0, 0.1) is 0 Å². The highest BCUT2D eigenvalue weighted by Gasteiger charge is 2.52. The topological polar surface area (TPSA) is 63.2 Å². The molecule has 1 saturated heterocycles. The molecule has 3 aromatic rings. The molecule has 1 aliphatic heterocycles. The number of hydrogen-bond donors (Lipinski definition) is 0. The van der Waals surface area contributed by atoms with E-state index in [-0.39, 0.29) is 12.1 Å². The molecule has 0 radical (unpaired) electrons. The van der Waals surface area contributed by atoms with Gasteiger partial charge in [0.25, 0.3) is 0 Å². The summed E-state index contributed by atoms with van der Waals surface area (Å²) in [6.07, 6.45) is 0.131. The number of benzene rings is 3. The molecule has 1 heterocycles. The zero-order chi connectivity index (χ0) is 27.3. The van der Waals surface area contributed by atoms with Crippen LogP contribution in [0.3, 0.4) is 0 Å². The third-order valence-electron chi connectivity index (χ3n) is 7.06. The lowest BCUT2D eigenvalue weighted by atomic mass is 9.74. The Kier molecular flexibility index (Phi) is 8.49. The largest absolute Gasteiger partial charge is 0.495 e. The summed E-state index contributed by atoms with van der Waals surface area (Å²) in [5.74, 6) is 0.881. The fraction of sp³-hybridized carbons (Fsp3) is 0.387. The Bertz CT molecular complexity index is 1210. The zero-order valence-corrected chi connectivity index (χ0v) is 23.2. The van der Waals surface area contributed by atoms with E-state index in [1.54, 1.807) is 0 Å². The molecular weight excluding hydrogens is 479 g/mol. The van der Waals surface area contributed by atoms with Crippen molar-refractivity contribution < 1.29 is 28.3 Å². The number of carbonyl (C=O) groups excluding carboxylic acids is 1. The lowest BCUT2D eigenvalue weighted by Crippen LogP contribution is -2.41. The second-order valence-electron chi connectivity index (χ2n) is 10.8. The third kappa shape index (κ3) is 6.77. The first-order chi connectivity index (χ1) is 18.0. The smallest absolute Gasteiger partial charge is 0.485 e. The summed E-state index contributed by atoms with van der Waals surface area (Å²) in [6, 6.07) is 23.9. The van der Waals surface area contributed by atoms with Crippen molar-refractivity contribution in [2.24, 2.45) is 0 Å². The fourth-order valence-electron chi connectivity index (χ4n) is 4.31. The predicted octanol–water partition coefficient (Wildman–Crippen LogP) is 5.64. The van der Waals surface area contributed by atoms with Crippen LogP contribution in [0.2, 0.25) is 0 Å². The van der Waals surface area contributed by atoms with Crippen LogP contribution in [-0.2, 0) is 38.5 Å². The van der Waals surface area contributed by atoms with Gasteiger partial charge in [-0.15, -0.1) is 0 Å². The Balaban J connectivity index is 1.72. The molecule has 0 N–H and O–H groups in total. The fourth-order valence-corrected chi connectivity index (χ4v) is 4.31. The van der Waals surface area contributed by atoms with E-state index in [4.69, 9.17) is 23.5 Å². The van der Waals surface area contributed by atoms with Crippen LogP contribution in [0.15, 0.2) is 72.8 Å². The van der Waals surface area contributed by atoms with Gasteiger partial charge in [-0.1, -0.05) is 60.7 Å². The first-order valence-corrected chi connectivity index (χ1v) is 13.1. The van der Waals surface area contributed by atoms with Gasteiger partial charge in [-0.25, -0.2) is 0 Å². The van der Waals surface area contributed by atoms with Crippen molar-refractivity contribution in [2.45, 2.75) is 78.5 Å². The van der Waals surface area contributed by atoms with Crippen LogP contribution in [0.4, 0.5) is 0 Å². The molecule has 0 saturated carbocycles. The van der Waals surface area contributed by atoms with Crippen molar-refractivity contribution in [3.8, 4) is 11.5 Å². The van der Waals surface area contributed by atoms with E-state index < -0.39 is 18.3 Å². The van der Waals surface area contributed by atoms with Crippen LogP contribution in [0.25, 0.3) is 0 Å². The Labute approximate surface area is 226 Å². The molecule has 0 aliphatic carbocycles. The van der Waals surface area contributed by atoms with E-state index >= 15 is 0 Å². The van der Waals surface area contributed by atoms with Crippen molar-refractivity contribution in [2.75, 3.05) is 0 Å². The Morgan fingerprint density at radius 3 is 1.76 bits per heavy atom. The minimum atomic E-state index is -0.609. The molecule has 0 amide bonds. The Hall–Kier alpha value is -3.29. The van der Waals surface area contributed by atoms with Crippen molar-refractivity contribution in [1.82, 2.24) is 0 Å². The first kappa shape index (κ1) is 27.7. The van der Waals surface area contributed by atoms with Gasteiger partial charge in [-0.2, -0.15) is 0 Å². The molecule has 1 unspecified atom stereocenters. The summed E-state index contributed by atoms with van der Waals surface area (Å²) < 4.78 is 30.9. The standard InChI is InChI=1S/C31H37BO6/c1-22(36-23(2)33)17-26-18-28(34-20-24-13-9-7-10-14-24)29(35-21-25-15-11-8-12-16-25)19-27(26)32-37-30(3,4)31(5,6)38-32/h7-16,18-19,22H,17,20-21H2,1-6H3. The molecule has 38 heavy (non-hydrogen) atoms. The van der Waals surface area contributed by atoms with Gasteiger partial charge in [0.05, 0.1) is 11.2 Å². The maximum absolute atomic E-state index is 11.6. The number of hydrogen-bond acceptors (Lipinski definition) is 6. The number of rotatable bonds is 10. The van der Waals surface area contributed by atoms with E-state index in [9.17, 15) is 4.79 Å². The molecule has 1 fully saturated rings. The molecule has 200 valence electrons. The Morgan fingerprint density at radius 1 is 0.816 bits per heavy atom. The van der Waals surface area contributed by atoms with Gasteiger partial charge < -0.3 is 23.5 Å². The molecule has 0 aromatic heterocycles. The summed E-state index contributed by atoms with van der Waals surface area (Å²) in [5, 5.41) is 0. The van der Waals surface area contributed by atoms with E-state index in [1.807, 2.05) is 107 Å². The van der Waals surface area contributed by atoms with Gasteiger partial charge in [-0.05, 0) is 68.9 Å². The van der Waals surface area contributed by atoms with E-state index in [1.165, 1.54) is 6.92 Å². The summed E-state index contributed by atoms with van der Waals surface area (Å²) in [4.78, 5) is 11.6. The highest BCUT2D eigenvalue weighted by atomic mass is 16.7. The van der Waals surface area contributed by atoms with Crippen molar-refractivity contribution in [1.29, 1.82) is 0 Å². The molecule has 4 rings (SSSR count). The lowest BCUT2D eigenvalue weighted by Gasteiger charge is -2.32. The van der Waals surface area contributed by atoms with Gasteiger partial charge in [0.2, 0.25) is 0 Å². The lowest BCUT2D eigenvalue weighted by molar-refractivity contribution is -0.145. The van der Waals surface area contributed by atoms with Gasteiger partial charge in [0.15, 0.2) is 11.5 Å². The monoisotopic (exact) mass is 516 g/mol. The molecule has 6 nitrogen and oxygen atoms in total. The SMILES string of the molecule is CC(=O)OC(C)Cc1cc(OCc2ccccc2)c(OCc2ccccc2)cc1B1OC(C)(C)C(C)(C)O1. The highest BCUT2D eigenvalue weighted by Crippen LogP contribution is 2.38. The second kappa shape index (κ2) is 11.6. The summed E-state index contributed by atoms with van der Waals surface area (Å²) in [7, 11) is -0.609. The van der Waals surface area contributed by atoms with Crippen LogP contribution in [-0.4, -0.2) is 30.4 Å². The summed E-state index contributed by atoms with van der Waals surface area (Å²) >= 11 is 0. The second-order valence-corrected chi connectivity index (χ2v) is 10.8. The van der Waals surface area contributed by atoms with Crippen molar-refractivity contribution in [3.63, 3.8) is 0 Å². The number of ether oxygens (including phenoxy) is 3. The summed E-state index contributed by atoms with van der Waals surface area (Å²) in [5.41, 5.74) is 2.82. The van der Waals surface area contributed by atoms with Crippen molar-refractivity contribution >= 4 is 18.6 Å². The maximum atomic E-state index is 11.6. The maximum Gasteiger partial charge on any atom is 0.495 e. The minimum absolute atomic E-state index is 0.321. The average molecular weight is 516 g/mol. The van der Waals surface area contributed by atoms with Gasteiger partial charge in [0, 0.05) is 13.3 Å². The number of carbonyl (C=O) groups is 1. The van der Waals surface area contributed by atoms with Crippen molar-refractivity contribution in [3.05, 3.63) is 89.5 Å². The van der Waals surface area contributed by atoms with E-state index in [0.29, 0.717) is 31.1 Å². The molecule has 7 heteroatoms. The molecule has 0 spiro atoms. The quantitative estimate of drug-likeness (QED) is 0.257. The van der Waals surface area contributed by atoms with Gasteiger partial charge in [-0.3, -0.25) is 4.79 Å². The zero-order valence-electron chi connectivity index (χ0n) is 23.2. The highest BCUT2D eigenvalue weighted by molar-refractivity contribution is 6.62. The van der Waals surface area contributed by atoms with Crippen LogP contribution in [0.5, 0.6) is 11.5 Å². The number of esters is 1. The van der Waals surface area contributed by atoms with Gasteiger partial charge in [0.1, 0.15) is 19.3 Å². The predicted molar refractivity (Wildman–Crippen MR) is 149 cm³/mol. The van der Waals surface area contributed by atoms with Crippen LogP contribution < -0.4 is 14.9 Å². The molecule has 1 aliphatic rings. The summed E-state index contributed by atoms with van der Waals surface area (Å²) in [6.45, 7) is 12.2. The minimum Gasteiger partial charge on any atom is -0.485 e. The molecule has 0 bridgehead atoms. The Morgan fingerprint density at radius 2 is 1.29 bits per heavy atom. The third-order valence-corrected chi connectivity index (χ3v) is 7.06. The molecule has 1 atom stereocenters.